The van der Waals surface area contributed by atoms with Gasteiger partial charge in [0.05, 0.1) is 6.10 Å². The molecule has 1 aromatic carbocycles. The zero-order valence-electron chi connectivity index (χ0n) is 13.4. The molecule has 3 rings (SSSR count). The van der Waals surface area contributed by atoms with Crippen molar-refractivity contribution >= 4 is 6.03 Å². The molecule has 1 aromatic rings. The van der Waals surface area contributed by atoms with Crippen LogP contribution in [0.15, 0.2) is 36.4 Å². The number of benzene rings is 1. The Morgan fingerprint density at radius 3 is 2.78 bits per heavy atom. The summed E-state index contributed by atoms with van der Waals surface area (Å²) in [5, 5.41) is 15.8. The van der Waals surface area contributed by atoms with E-state index in [1.807, 2.05) is 0 Å². The molecule has 3 N–H and O–H groups in total. The summed E-state index contributed by atoms with van der Waals surface area (Å²) in [5.41, 5.74) is 2.74. The summed E-state index contributed by atoms with van der Waals surface area (Å²) in [5.74, 6) is 0. The number of hydrogen-bond acceptors (Lipinski definition) is 3. The van der Waals surface area contributed by atoms with Crippen molar-refractivity contribution in [1.29, 1.82) is 0 Å². The number of carbonyl (C=O) groups excluding carboxylic acids is 1. The van der Waals surface area contributed by atoms with Crippen molar-refractivity contribution in [2.75, 3.05) is 19.6 Å². The van der Waals surface area contributed by atoms with Gasteiger partial charge in [0.2, 0.25) is 0 Å². The summed E-state index contributed by atoms with van der Waals surface area (Å²) < 4.78 is 0. The minimum absolute atomic E-state index is 0.193. The number of β-amino-alcohol motifs (C(OH)–C–C–N with tert-alkyl or cyclic N) is 1. The summed E-state index contributed by atoms with van der Waals surface area (Å²) >= 11 is 0. The Morgan fingerprint density at radius 1 is 1.26 bits per heavy atom. The van der Waals surface area contributed by atoms with Crippen molar-refractivity contribution < 1.29 is 9.90 Å². The Hall–Kier alpha value is -1.85. The Bertz CT molecular complexity index is 565. The molecule has 124 valence electrons. The average molecular weight is 315 g/mol. The molecule has 0 aromatic heterocycles. The van der Waals surface area contributed by atoms with E-state index in [9.17, 15) is 9.90 Å². The maximum absolute atomic E-state index is 11.8. The van der Waals surface area contributed by atoms with E-state index in [1.54, 1.807) is 0 Å². The molecule has 1 heterocycles. The number of aliphatic hydroxyl groups is 1. The smallest absolute Gasteiger partial charge is 0.315 e. The lowest BCUT2D eigenvalue weighted by atomic mass is 10.00. The lowest BCUT2D eigenvalue weighted by Gasteiger charge is -2.30. The molecule has 0 saturated heterocycles. The first-order valence-corrected chi connectivity index (χ1v) is 8.37. The van der Waals surface area contributed by atoms with Gasteiger partial charge in [-0.25, -0.2) is 4.79 Å². The number of nitrogens with zero attached hydrogens (tertiary/aromatic N) is 1. The molecule has 2 aliphatic rings. The molecule has 1 atom stereocenters. The van der Waals surface area contributed by atoms with Crippen molar-refractivity contribution in [3.63, 3.8) is 0 Å². The number of rotatable bonds is 5. The summed E-state index contributed by atoms with van der Waals surface area (Å²) in [7, 11) is 0. The van der Waals surface area contributed by atoms with Gasteiger partial charge in [-0.15, -0.1) is 0 Å². The van der Waals surface area contributed by atoms with Gasteiger partial charge in [-0.05, 0) is 30.4 Å². The van der Waals surface area contributed by atoms with Crippen LogP contribution in [0, 0.1) is 0 Å². The van der Waals surface area contributed by atoms with Gasteiger partial charge in [0.15, 0.2) is 0 Å². The second-order valence-corrected chi connectivity index (χ2v) is 6.40. The highest BCUT2D eigenvalue weighted by atomic mass is 16.3. The molecule has 0 saturated carbocycles. The quantitative estimate of drug-likeness (QED) is 0.720. The number of aliphatic hydroxyl groups excluding tert-OH is 1. The maximum atomic E-state index is 11.8. The summed E-state index contributed by atoms with van der Waals surface area (Å²) in [6.07, 6.45) is 6.41. The van der Waals surface area contributed by atoms with Gasteiger partial charge in [-0.2, -0.15) is 0 Å². The Morgan fingerprint density at radius 2 is 2.00 bits per heavy atom. The molecular formula is C18H25N3O2. The average Bonchev–Trinajstić information content (AvgIpc) is 3.06. The first-order valence-electron chi connectivity index (χ1n) is 8.37. The molecule has 0 spiro atoms. The predicted octanol–water partition coefficient (Wildman–Crippen LogP) is 1.42. The van der Waals surface area contributed by atoms with E-state index < -0.39 is 6.10 Å². The zero-order valence-corrected chi connectivity index (χ0v) is 13.4. The van der Waals surface area contributed by atoms with Gasteiger partial charge < -0.3 is 15.7 Å². The SMILES string of the molecule is O=C(NCC(O)CN1CCc2ccccc2C1)NC1CC=CC1. The molecule has 1 aliphatic carbocycles. The van der Waals surface area contributed by atoms with Crippen molar-refractivity contribution in [3.05, 3.63) is 47.5 Å². The number of amides is 2. The Kier molecular flexibility index (Phi) is 5.31. The topological polar surface area (TPSA) is 64.6 Å². The van der Waals surface area contributed by atoms with Crippen LogP contribution in [0.1, 0.15) is 24.0 Å². The fourth-order valence-electron chi connectivity index (χ4n) is 3.25. The van der Waals surface area contributed by atoms with Gasteiger partial charge in [-0.3, -0.25) is 4.90 Å². The number of fused-ring (bicyclic) bond motifs is 1. The molecule has 0 radical (unpaired) electrons. The molecule has 23 heavy (non-hydrogen) atoms. The van der Waals surface area contributed by atoms with Crippen LogP contribution in [-0.4, -0.2) is 47.8 Å². The van der Waals surface area contributed by atoms with Crippen LogP contribution < -0.4 is 10.6 Å². The van der Waals surface area contributed by atoms with E-state index in [4.69, 9.17) is 0 Å². The second kappa shape index (κ2) is 7.62. The fraction of sp³-hybridized carbons (Fsp3) is 0.500. The highest BCUT2D eigenvalue weighted by Gasteiger charge is 2.19. The summed E-state index contributed by atoms with van der Waals surface area (Å²) in [6, 6.07) is 8.46. The fourth-order valence-corrected chi connectivity index (χ4v) is 3.25. The molecule has 0 fully saturated rings. The normalized spacial score (nSPS) is 19.3. The third kappa shape index (κ3) is 4.56. The lowest BCUT2D eigenvalue weighted by molar-refractivity contribution is 0.105. The molecular weight excluding hydrogens is 290 g/mol. The van der Waals surface area contributed by atoms with Crippen molar-refractivity contribution in [1.82, 2.24) is 15.5 Å². The van der Waals surface area contributed by atoms with E-state index in [-0.39, 0.29) is 18.6 Å². The lowest BCUT2D eigenvalue weighted by Crippen LogP contribution is -2.46. The summed E-state index contributed by atoms with van der Waals surface area (Å²) in [4.78, 5) is 14.0. The van der Waals surface area contributed by atoms with E-state index in [1.165, 1.54) is 11.1 Å². The monoisotopic (exact) mass is 315 g/mol. The Balaban J connectivity index is 1.38. The van der Waals surface area contributed by atoms with Crippen LogP contribution in [0.2, 0.25) is 0 Å². The minimum Gasteiger partial charge on any atom is -0.390 e. The van der Waals surface area contributed by atoms with Crippen LogP contribution in [0.5, 0.6) is 0 Å². The van der Waals surface area contributed by atoms with Gasteiger partial charge in [0.1, 0.15) is 0 Å². The maximum Gasteiger partial charge on any atom is 0.315 e. The Labute approximate surface area is 137 Å². The van der Waals surface area contributed by atoms with E-state index in [0.29, 0.717) is 6.54 Å². The highest BCUT2D eigenvalue weighted by molar-refractivity contribution is 5.74. The highest BCUT2D eigenvalue weighted by Crippen LogP contribution is 2.18. The van der Waals surface area contributed by atoms with Crippen molar-refractivity contribution in [2.45, 2.75) is 38.0 Å². The van der Waals surface area contributed by atoms with Gasteiger partial charge in [-0.1, -0.05) is 36.4 Å². The van der Waals surface area contributed by atoms with E-state index >= 15 is 0 Å². The van der Waals surface area contributed by atoms with Gasteiger partial charge in [0.25, 0.3) is 0 Å². The molecule has 5 nitrogen and oxygen atoms in total. The van der Waals surface area contributed by atoms with Crippen LogP contribution >= 0.6 is 0 Å². The number of nitrogens with one attached hydrogen (secondary N) is 2. The number of carbonyl (C=O) groups is 1. The summed E-state index contributed by atoms with van der Waals surface area (Å²) in [6.45, 7) is 2.69. The zero-order chi connectivity index (χ0) is 16.1. The third-order valence-electron chi connectivity index (χ3n) is 4.52. The molecule has 2 amide bonds. The minimum atomic E-state index is -0.548. The second-order valence-electron chi connectivity index (χ2n) is 6.40. The molecule has 5 heteroatoms. The first kappa shape index (κ1) is 16.0. The van der Waals surface area contributed by atoms with Gasteiger partial charge in [0, 0.05) is 32.2 Å². The number of urea groups is 1. The van der Waals surface area contributed by atoms with Crippen molar-refractivity contribution in [3.8, 4) is 0 Å². The molecule has 1 unspecified atom stereocenters. The third-order valence-corrected chi connectivity index (χ3v) is 4.52. The van der Waals surface area contributed by atoms with Crippen LogP contribution in [0.4, 0.5) is 4.79 Å². The van der Waals surface area contributed by atoms with Crippen molar-refractivity contribution in [2.24, 2.45) is 0 Å². The number of hydrogen-bond donors (Lipinski definition) is 3. The van der Waals surface area contributed by atoms with Crippen LogP contribution in [0.3, 0.4) is 0 Å². The first-order chi connectivity index (χ1) is 11.2. The predicted molar refractivity (Wildman–Crippen MR) is 90.1 cm³/mol. The van der Waals surface area contributed by atoms with E-state index in [2.05, 4.69) is 52.0 Å². The largest absolute Gasteiger partial charge is 0.390 e. The van der Waals surface area contributed by atoms with E-state index in [0.717, 1.165) is 32.4 Å². The molecule has 0 bridgehead atoms. The van der Waals surface area contributed by atoms with Crippen LogP contribution in [0.25, 0.3) is 0 Å². The van der Waals surface area contributed by atoms with Gasteiger partial charge >= 0.3 is 6.03 Å². The molecule has 1 aliphatic heterocycles. The standard InChI is InChI=1S/C18H25N3O2/c22-17(11-19-18(23)20-16-7-3-4-8-16)13-21-10-9-14-5-1-2-6-15(14)12-21/h1-6,16-17,22H,7-13H2,(H2,19,20,23). The van der Waals surface area contributed by atoms with Crippen LogP contribution in [-0.2, 0) is 13.0 Å².